The molecule has 0 unspecified atom stereocenters. The first-order valence-corrected chi connectivity index (χ1v) is 6.03. The van der Waals surface area contributed by atoms with Crippen LogP contribution in [0.1, 0.15) is 36.1 Å². The summed E-state index contributed by atoms with van der Waals surface area (Å²) in [5.74, 6) is 1.61. The average molecular weight is 213 g/mol. The van der Waals surface area contributed by atoms with Crippen LogP contribution in [0, 0.1) is 17.2 Å². The highest BCUT2D eigenvalue weighted by Crippen LogP contribution is 2.30. The number of nitrogens with zero attached hydrogens (tertiary/aromatic N) is 2. The molecule has 3 heteroatoms. The van der Waals surface area contributed by atoms with E-state index >= 15 is 0 Å². The SMILES string of the molecule is N#Cc1cc2c(nc1NCC1CC1)CCC2. The van der Waals surface area contributed by atoms with Crippen LogP contribution in [-0.4, -0.2) is 11.5 Å². The summed E-state index contributed by atoms with van der Waals surface area (Å²) in [6.07, 6.45) is 5.97. The van der Waals surface area contributed by atoms with E-state index in [0.717, 1.165) is 31.1 Å². The second kappa shape index (κ2) is 3.79. The Hall–Kier alpha value is -1.56. The first kappa shape index (κ1) is 9.65. The molecule has 82 valence electrons. The first-order valence-electron chi connectivity index (χ1n) is 6.03. The zero-order valence-electron chi connectivity index (χ0n) is 9.29. The fraction of sp³-hybridized carbons (Fsp3) is 0.538. The van der Waals surface area contributed by atoms with E-state index in [9.17, 15) is 0 Å². The van der Waals surface area contributed by atoms with Crippen molar-refractivity contribution in [2.24, 2.45) is 5.92 Å². The molecule has 3 nitrogen and oxygen atoms in total. The van der Waals surface area contributed by atoms with Gasteiger partial charge in [0.05, 0.1) is 5.56 Å². The van der Waals surface area contributed by atoms with E-state index in [1.54, 1.807) is 0 Å². The van der Waals surface area contributed by atoms with Crippen LogP contribution in [0.5, 0.6) is 0 Å². The molecule has 1 fully saturated rings. The molecule has 0 aliphatic heterocycles. The van der Waals surface area contributed by atoms with E-state index in [2.05, 4.69) is 16.4 Å². The number of aromatic nitrogens is 1. The summed E-state index contributed by atoms with van der Waals surface area (Å²) in [6, 6.07) is 4.26. The van der Waals surface area contributed by atoms with Gasteiger partial charge in [-0.1, -0.05) is 0 Å². The highest BCUT2D eigenvalue weighted by molar-refractivity contribution is 5.55. The van der Waals surface area contributed by atoms with Gasteiger partial charge in [-0.3, -0.25) is 0 Å². The summed E-state index contributed by atoms with van der Waals surface area (Å²) in [6.45, 7) is 0.973. The van der Waals surface area contributed by atoms with Crippen LogP contribution < -0.4 is 5.32 Å². The highest BCUT2D eigenvalue weighted by atomic mass is 15.0. The molecule has 0 amide bonds. The number of hydrogen-bond acceptors (Lipinski definition) is 3. The number of pyridine rings is 1. The van der Waals surface area contributed by atoms with Gasteiger partial charge in [-0.2, -0.15) is 5.26 Å². The largest absolute Gasteiger partial charge is 0.369 e. The van der Waals surface area contributed by atoms with Crippen molar-refractivity contribution in [1.29, 1.82) is 5.26 Å². The second-order valence-electron chi connectivity index (χ2n) is 4.78. The normalized spacial score (nSPS) is 17.9. The molecule has 0 atom stereocenters. The summed E-state index contributed by atoms with van der Waals surface area (Å²) in [5, 5.41) is 12.4. The molecule has 1 saturated carbocycles. The minimum atomic E-state index is 0.710. The van der Waals surface area contributed by atoms with Gasteiger partial charge in [-0.15, -0.1) is 0 Å². The van der Waals surface area contributed by atoms with Gasteiger partial charge in [0.15, 0.2) is 0 Å². The van der Waals surface area contributed by atoms with E-state index in [1.807, 2.05) is 6.07 Å². The topological polar surface area (TPSA) is 48.7 Å². The van der Waals surface area contributed by atoms with E-state index < -0.39 is 0 Å². The Labute approximate surface area is 95.5 Å². The van der Waals surface area contributed by atoms with Crippen LogP contribution in [-0.2, 0) is 12.8 Å². The Morgan fingerprint density at radius 2 is 2.31 bits per heavy atom. The molecule has 1 N–H and O–H groups in total. The van der Waals surface area contributed by atoms with Gasteiger partial charge in [-0.05, 0) is 49.7 Å². The number of hydrogen-bond donors (Lipinski definition) is 1. The van der Waals surface area contributed by atoms with Crippen LogP contribution in [0.25, 0.3) is 0 Å². The maximum absolute atomic E-state index is 9.10. The molecule has 1 aromatic rings. The molecule has 1 heterocycles. The van der Waals surface area contributed by atoms with Crippen molar-refractivity contribution >= 4 is 5.82 Å². The summed E-state index contributed by atoms with van der Waals surface area (Å²) in [4.78, 5) is 4.59. The van der Waals surface area contributed by atoms with Gasteiger partial charge < -0.3 is 5.32 Å². The maximum atomic E-state index is 9.10. The molecule has 2 aliphatic rings. The minimum Gasteiger partial charge on any atom is -0.369 e. The molecule has 3 rings (SSSR count). The van der Waals surface area contributed by atoms with Crippen LogP contribution >= 0.6 is 0 Å². The summed E-state index contributed by atoms with van der Waals surface area (Å²) in [5.41, 5.74) is 3.17. The summed E-state index contributed by atoms with van der Waals surface area (Å²) < 4.78 is 0. The Morgan fingerprint density at radius 3 is 3.06 bits per heavy atom. The molecule has 16 heavy (non-hydrogen) atoms. The van der Waals surface area contributed by atoms with E-state index in [-0.39, 0.29) is 0 Å². The van der Waals surface area contributed by atoms with Crippen molar-refractivity contribution in [2.75, 3.05) is 11.9 Å². The van der Waals surface area contributed by atoms with Crippen molar-refractivity contribution in [3.8, 4) is 6.07 Å². The quantitative estimate of drug-likeness (QED) is 0.837. The Balaban J connectivity index is 1.86. The van der Waals surface area contributed by atoms with Gasteiger partial charge in [0.2, 0.25) is 0 Å². The van der Waals surface area contributed by atoms with Crippen LogP contribution in [0.3, 0.4) is 0 Å². The van der Waals surface area contributed by atoms with Crippen molar-refractivity contribution in [2.45, 2.75) is 32.1 Å². The lowest BCUT2D eigenvalue weighted by Gasteiger charge is -2.08. The second-order valence-corrected chi connectivity index (χ2v) is 4.78. The molecular formula is C13H15N3. The third-order valence-corrected chi connectivity index (χ3v) is 3.43. The number of nitriles is 1. The van der Waals surface area contributed by atoms with Crippen LogP contribution in [0.2, 0.25) is 0 Å². The van der Waals surface area contributed by atoms with Gasteiger partial charge in [0, 0.05) is 12.2 Å². The lowest BCUT2D eigenvalue weighted by Crippen LogP contribution is -2.08. The predicted molar refractivity (Wildman–Crippen MR) is 62.2 cm³/mol. The molecule has 0 spiro atoms. The summed E-state index contributed by atoms with van der Waals surface area (Å²) in [7, 11) is 0. The van der Waals surface area contributed by atoms with Gasteiger partial charge in [0.1, 0.15) is 11.9 Å². The Bertz CT molecular complexity index is 455. The molecule has 2 aliphatic carbocycles. The highest BCUT2D eigenvalue weighted by Gasteiger charge is 2.22. The smallest absolute Gasteiger partial charge is 0.144 e. The lowest BCUT2D eigenvalue weighted by molar-refractivity contribution is 0.874. The average Bonchev–Trinajstić information content (AvgIpc) is 3.02. The lowest BCUT2D eigenvalue weighted by atomic mass is 10.1. The zero-order valence-corrected chi connectivity index (χ0v) is 9.29. The molecule has 0 aromatic carbocycles. The van der Waals surface area contributed by atoms with Gasteiger partial charge >= 0.3 is 0 Å². The number of rotatable bonds is 3. The van der Waals surface area contributed by atoms with Gasteiger partial charge in [-0.25, -0.2) is 4.98 Å². The Kier molecular flexibility index (Phi) is 2.28. The molecule has 1 aromatic heterocycles. The minimum absolute atomic E-state index is 0.710. The fourth-order valence-electron chi connectivity index (χ4n) is 2.26. The van der Waals surface area contributed by atoms with E-state index in [1.165, 1.54) is 30.5 Å². The molecule has 0 radical (unpaired) electrons. The number of anilines is 1. The maximum Gasteiger partial charge on any atom is 0.144 e. The van der Waals surface area contributed by atoms with Crippen molar-refractivity contribution in [3.05, 3.63) is 22.9 Å². The van der Waals surface area contributed by atoms with Crippen LogP contribution in [0.4, 0.5) is 5.82 Å². The third kappa shape index (κ3) is 1.76. The monoisotopic (exact) mass is 213 g/mol. The van der Waals surface area contributed by atoms with E-state index in [4.69, 9.17) is 5.26 Å². The van der Waals surface area contributed by atoms with Crippen LogP contribution in [0.15, 0.2) is 6.07 Å². The van der Waals surface area contributed by atoms with Gasteiger partial charge in [0.25, 0.3) is 0 Å². The number of nitrogens with one attached hydrogen (secondary N) is 1. The fourth-order valence-corrected chi connectivity index (χ4v) is 2.26. The number of aryl methyl sites for hydroxylation is 2. The first-order chi connectivity index (χ1) is 7.86. The van der Waals surface area contributed by atoms with Crippen molar-refractivity contribution in [1.82, 2.24) is 4.98 Å². The van der Waals surface area contributed by atoms with Crippen molar-refractivity contribution < 1.29 is 0 Å². The molecule has 0 saturated heterocycles. The van der Waals surface area contributed by atoms with E-state index in [0.29, 0.717) is 5.56 Å². The number of fused-ring (bicyclic) bond motifs is 1. The predicted octanol–water partition coefficient (Wildman–Crippen LogP) is 2.26. The zero-order chi connectivity index (χ0) is 11.0. The summed E-state index contributed by atoms with van der Waals surface area (Å²) >= 11 is 0. The molecule has 0 bridgehead atoms. The standard InChI is InChI=1S/C13H15N3/c14-7-11-6-10-2-1-3-12(10)16-13(11)15-8-9-4-5-9/h6,9H,1-5,8H2,(H,15,16). The third-order valence-electron chi connectivity index (χ3n) is 3.43. The molecular weight excluding hydrogens is 198 g/mol. The van der Waals surface area contributed by atoms with Crippen molar-refractivity contribution in [3.63, 3.8) is 0 Å². The Morgan fingerprint density at radius 1 is 1.44 bits per heavy atom.